The molecule has 0 saturated heterocycles. The maximum atomic E-state index is 12.5. The van der Waals surface area contributed by atoms with Gasteiger partial charge >= 0.3 is 11.7 Å². The van der Waals surface area contributed by atoms with Crippen LogP contribution in [0, 0.1) is 0 Å². The van der Waals surface area contributed by atoms with Crippen molar-refractivity contribution in [2.45, 2.75) is 26.0 Å². The van der Waals surface area contributed by atoms with Gasteiger partial charge in [-0.05, 0) is 24.6 Å². The van der Waals surface area contributed by atoms with Crippen LogP contribution in [0.1, 0.15) is 28.3 Å². The average molecular weight is 382 g/mol. The van der Waals surface area contributed by atoms with Gasteiger partial charge in [0.05, 0.1) is 22.2 Å². The molecule has 0 saturated carbocycles. The molecule has 0 N–H and O–H groups in total. The fourth-order valence-corrected chi connectivity index (χ4v) is 3.35. The number of benzene rings is 1. The molecule has 0 bridgehead atoms. The maximum Gasteiger partial charge on any atom is 0.338 e. The Morgan fingerprint density at radius 2 is 1.93 bits per heavy atom. The van der Waals surface area contributed by atoms with Gasteiger partial charge in [0.2, 0.25) is 0 Å². The van der Waals surface area contributed by atoms with E-state index in [1.165, 1.54) is 36.9 Å². The number of fused-ring (bicyclic) bond motifs is 2. The van der Waals surface area contributed by atoms with E-state index in [9.17, 15) is 19.2 Å². The molecule has 0 unspecified atom stereocenters. The van der Waals surface area contributed by atoms with Crippen molar-refractivity contribution in [1.29, 1.82) is 0 Å². The smallest absolute Gasteiger partial charge is 0.338 e. The number of aryl methyl sites for hydroxylation is 1. The van der Waals surface area contributed by atoms with E-state index < -0.39 is 17.2 Å². The lowest BCUT2D eigenvalue weighted by atomic mass is 10.1. The molecule has 1 aliphatic heterocycles. The zero-order valence-corrected chi connectivity index (χ0v) is 15.5. The first kappa shape index (κ1) is 17.9. The third kappa shape index (κ3) is 2.84. The van der Waals surface area contributed by atoms with Crippen LogP contribution in [0.15, 0.2) is 38.6 Å². The summed E-state index contributed by atoms with van der Waals surface area (Å²) in [7, 11) is 2.88. The highest BCUT2D eigenvalue weighted by molar-refractivity contribution is 5.94. The highest BCUT2D eigenvalue weighted by Crippen LogP contribution is 2.17. The third-order valence-corrected chi connectivity index (χ3v) is 5.03. The number of ether oxygens (including phenoxy) is 1. The minimum absolute atomic E-state index is 0.104. The molecule has 0 amide bonds. The fourth-order valence-electron chi connectivity index (χ4n) is 3.35. The molecule has 9 heteroatoms. The van der Waals surface area contributed by atoms with Gasteiger partial charge < -0.3 is 4.74 Å². The van der Waals surface area contributed by atoms with Gasteiger partial charge in [0, 0.05) is 33.1 Å². The molecule has 0 radical (unpaired) electrons. The van der Waals surface area contributed by atoms with Crippen LogP contribution in [-0.2, 0) is 38.4 Å². The van der Waals surface area contributed by atoms with Crippen LogP contribution in [0.4, 0.5) is 0 Å². The molecule has 1 aliphatic rings. The van der Waals surface area contributed by atoms with Crippen molar-refractivity contribution < 1.29 is 9.53 Å². The average Bonchev–Trinajstić information content (AvgIpc) is 3.16. The molecule has 4 rings (SSSR count). The lowest BCUT2D eigenvalue weighted by Gasteiger charge is -2.10. The highest BCUT2D eigenvalue weighted by Gasteiger charge is 2.18. The molecule has 0 fully saturated rings. The monoisotopic (exact) mass is 382 g/mol. The van der Waals surface area contributed by atoms with E-state index in [1.807, 2.05) is 0 Å². The molecular formula is C19H18N4O5. The first-order valence-electron chi connectivity index (χ1n) is 8.83. The predicted octanol–water partition coefficient (Wildman–Crippen LogP) is 0.0971. The Balaban J connectivity index is 1.62. The van der Waals surface area contributed by atoms with E-state index in [0.717, 1.165) is 23.2 Å². The van der Waals surface area contributed by atoms with E-state index in [-0.39, 0.29) is 23.4 Å². The van der Waals surface area contributed by atoms with Crippen molar-refractivity contribution in [2.24, 2.45) is 14.1 Å². The van der Waals surface area contributed by atoms with E-state index in [2.05, 4.69) is 4.98 Å². The Labute approximate surface area is 158 Å². The number of carbonyl (C=O) groups is 1. The summed E-state index contributed by atoms with van der Waals surface area (Å²) in [5.41, 5.74) is -0.0880. The van der Waals surface area contributed by atoms with Crippen molar-refractivity contribution in [3.8, 4) is 0 Å². The molecule has 1 aromatic carbocycles. The molecule has 0 atom stereocenters. The molecule has 0 aliphatic carbocycles. The van der Waals surface area contributed by atoms with Gasteiger partial charge in [0.1, 0.15) is 12.4 Å². The Hall–Kier alpha value is -3.49. The zero-order valence-electron chi connectivity index (χ0n) is 15.5. The second-order valence-electron chi connectivity index (χ2n) is 6.77. The van der Waals surface area contributed by atoms with Crippen LogP contribution < -0.4 is 16.8 Å². The van der Waals surface area contributed by atoms with Crippen molar-refractivity contribution in [2.75, 3.05) is 0 Å². The van der Waals surface area contributed by atoms with Gasteiger partial charge in [0.25, 0.3) is 11.1 Å². The standard InChI is InChI=1S/C19H18N4O5/c1-21-12(9-16(24)22(2)19(21)27)10-28-18(26)11-5-6-13-14(8-11)20-15-4-3-7-23(15)17(13)25/h5-6,8-9H,3-4,7,10H2,1-2H3. The van der Waals surface area contributed by atoms with Gasteiger partial charge in [-0.1, -0.05) is 0 Å². The topological polar surface area (TPSA) is 105 Å². The molecule has 9 nitrogen and oxygen atoms in total. The molecule has 2 aromatic heterocycles. The van der Waals surface area contributed by atoms with Crippen molar-refractivity contribution in [3.05, 3.63) is 72.5 Å². The fraction of sp³-hybridized carbons (Fsp3) is 0.316. The summed E-state index contributed by atoms with van der Waals surface area (Å²) < 4.78 is 9.14. The van der Waals surface area contributed by atoms with Crippen molar-refractivity contribution in [3.63, 3.8) is 0 Å². The lowest BCUT2D eigenvalue weighted by molar-refractivity contribution is 0.0463. The SMILES string of the molecule is Cn1c(COC(=O)c2ccc3c(=O)n4c(nc3c2)CCC4)cc(=O)n(C)c1=O. The van der Waals surface area contributed by atoms with E-state index in [4.69, 9.17) is 4.74 Å². The highest BCUT2D eigenvalue weighted by atomic mass is 16.5. The number of esters is 1. The number of carbonyl (C=O) groups excluding carboxylic acids is 1. The molecular weight excluding hydrogens is 364 g/mol. The Kier molecular flexibility index (Phi) is 4.21. The lowest BCUT2D eigenvalue weighted by Crippen LogP contribution is -2.38. The number of hydrogen-bond donors (Lipinski definition) is 0. The minimum Gasteiger partial charge on any atom is -0.456 e. The maximum absolute atomic E-state index is 12.5. The number of hydrogen-bond acceptors (Lipinski definition) is 6. The van der Waals surface area contributed by atoms with E-state index >= 15 is 0 Å². The van der Waals surface area contributed by atoms with Crippen LogP contribution in [-0.4, -0.2) is 24.7 Å². The number of rotatable bonds is 3. The zero-order chi connectivity index (χ0) is 20.0. The normalized spacial score (nSPS) is 12.9. The van der Waals surface area contributed by atoms with Crippen molar-refractivity contribution >= 4 is 16.9 Å². The molecule has 3 heterocycles. The van der Waals surface area contributed by atoms with Crippen LogP contribution in [0.25, 0.3) is 10.9 Å². The Bertz CT molecular complexity index is 1300. The molecule has 0 spiro atoms. The van der Waals surface area contributed by atoms with Crippen molar-refractivity contribution in [1.82, 2.24) is 18.7 Å². The van der Waals surface area contributed by atoms with Gasteiger partial charge in [-0.15, -0.1) is 0 Å². The summed E-state index contributed by atoms with van der Waals surface area (Å²) in [5.74, 6) is 0.0931. The predicted molar refractivity (Wildman–Crippen MR) is 100 cm³/mol. The minimum atomic E-state index is -0.627. The van der Waals surface area contributed by atoms with Gasteiger partial charge in [-0.3, -0.25) is 23.3 Å². The second kappa shape index (κ2) is 6.59. The summed E-state index contributed by atoms with van der Waals surface area (Å²) in [6.45, 7) is 0.440. The van der Waals surface area contributed by atoms with Crippen LogP contribution in [0.5, 0.6) is 0 Å². The number of aromatic nitrogens is 4. The summed E-state index contributed by atoms with van der Waals surface area (Å²) in [5, 5.41) is 0.455. The summed E-state index contributed by atoms with van der Waals surface area (Å²) >= 11 is 0. The third-order valence-electron chi connectivity index (χ3n) is 5.03. The van der Waals surface area contributed by atoms with Gasteiger partial charge in [-0.2, -0.15) is 0 Å². The Morgan fingerprint density at radius 1 is 1.14 bits per heavy atom. The molecule has 3 aromatic rings. The summed E-state index contributed by atoms with van der Waals surface area (Å²) in [6, 6.07) is 5.86. The summed E-state index contributed by atoms with van der Waals surface area (Å²) in [4.78, 5) is 53.1. The first-order valence-corrected chi connectivity index (χ1v) is 8.83. The Morgan fingerprint density at radius 3 is 2.71 bits per heavy atom. The quantitative estimate of drug-likeness (QED) is 0.595. The van der Waals surface area contributed by atoms with Gasteiger partial charge in [-0.25, -0.2) is 14.6 Å². The largest absolute Gasteiger partial charge is 0.456 e. The van der Waals surface area contributed by atoms with Crippen LogP contribution in [0.2, 0.25) is 0 Å². The van der Waals surface area contributed by atoms with E-state index in [1.54, 1.807) is 10.6 Å². The number of nitrogens with zero attached hydrogens (tertiary/aromatic N) is 4. The van der Waals surface area contributed by atoms with Gasteiger partial charge in [0.15, 0.2) is 0 Å². The molecule has 28 heavy (non-hydrogen) atoms. The molecule has 144 valence electrons. The first-order chi connectivity index (χ1) is 13.4. The van der Waals surface area contributed by atoms with Crippen LogP contribution in [0.3, 0.4) is 0 Å². The van der Waals surface area contributed by atoms with Crippen LogP contribution >= 0.6 is 0 Å². The van der Waals surface area contributed by atoms with E-state index in [0.29, 0.717) is 17.4 Å². The second-order valence-corrected chi connectivity index (χ2v) is 6.77. The summed E-state index contributed by atoms with van der Waals surface area (Å²) in [6.07, 6.45) is 1.61.